The molecule has 0 bridgehead atoms. The first-order valence-corrected chi connectivity index (χ1v) is 22.3. The summed E-state index contributed by atoms with van der Waals surface area (Å²) in [6, 6.07) is 81.8. The molecule has 1 aliphatic rings. The second-order valence-corrected chi connectivity index (χ2v) is 17.4. The van der Waals surface area contributed by atoms with Crippen molar-refractivity contribution in [2.24, 2.45) is 0 Å². The molecule has 12 aromatic rings. The Kier molecular flexibility index (Phi) is 8.12. The Morgan fingerprint density at radius 2 is 0.810 bits per heavy atom. The second kappa shape index (κ2) is 14.3. The second-order valence-electron chi connectivity index (χ2n) is 16.3. The van der Waals surface area contributed by atoms with E-state index < -0.39 is 0 Å². The van der Waals surface area contributed by atoms with Crippen LogP contribution in [0.25, 0.3) is 96.3 Å². The Morgan fingerprint density at radius 1 is 0.317 bits per heavy atom. The van der Waals surface area contributed by atoms with Crippen LogP contribution in [0.3, 0.4) is 0 Å². The van der Waals surface area contributed by atoms with Gasteiger partial charge in [0.15, 0.2) is 5.75 Å². The number of fused-ring (bicyclic) bond motifs is 19. The minimum Gasteiger partial charge on any atom is -0.454 e. The van der Waals surface area contributed by atoms with E-state index in [9.17, 15) is 0 Å². The van der Waals surface area contributed by atoms with Crippen molar-refractivity contribution in [2.75, 3.05) is 4.90 Å². The molecule has 0 fully saturated rings. The number of ether oxygens (including phenoxy) is 1. The highest BCUT2D eigenvalue weighted by Gasteiger charge is 2.26. The van der Waals surface area contributed by atoms with Gasteiger partial charge in [0.2, 0.25) is 0 Å². The van der Waals surface area contributed by atoms with Gasteiger partial charge in [-0.3, -0.25) is 0 Å². The van der Waals surface area contributed by atoms with Gasteiger partial charge < -0.3 is 9.64 Å². The average molecular weight is 820 g/mol. The third-order valence-electron chi connectivity index (χ3n) is 12.9. The van der Waals surface area contributed by atoms with Gasteiger partial charge in [-0.1, -0.05) is 182 Å². The van der Waals surface area contributed by atoms with E-state index in [0.717, 1.165) is 50.8 Å². The van der Waals surface area contributed by atoms with Crippen molar-refractivity contribution in [1.29, 1.82) is 0 Å². The van der Waals surface area contributed by atoms with E-state index in [4.69, 9.17) is 4.74 Å². The summed E-state index contributed by atoms with van der Waals surface area (Å²) in [5.41, 5.74) is 7.49. The van der Waals surface area contributed by atoms with Gasteiger partial charge in [-0.25, -0.2) is 0 Å². The van der Waals surface area contributed by atoms with Gasteiger partial charge >= 0.3 is 0 Å². The number of thiophene rings is 1. The van der Waals surface area contributed by atoms with Crippen molar-refractivity contribution in [1.82, 2.24) is 0 Å². The van der Waals surface area contributed by atoms with Gasteiger partial charge in [0.25, 0.3) is 0 Å². The number of para-hydroxylation sites is 3. The van der Waals surface area contributed by atoms with E-state index in [-0.39, 0.29) is 0 Å². The van der Waals surface area contributed by atoms with Crippen LogP contribution < -0.4 is 9.64 Å². The lowest BCUT2D eigenvalue weighted by Gasteiger charge is -2.28. The zero-order valence-electron chi connectivity index (χ0n) is 34.1. The molecule has 2 nitrogen and oxygen atoms in total. The van der Waals surface area contributed by atoms with Gasteiger partial charge in [-0.2, -0.15) is 0 Å². The first-order valence-electron chi connectivity index (χ1n) is 21.5. The highest BCUT2D eigenvalue weighted by molar-refractivity contribution is 7.26. The van der Waals surface area contributed by atoms with E-state index in [2.05, 4.69) is 229 Å². The van der Waals surface area contributed by atoms with Gasteiger partial charge in [0, 0.05) is 48.1 Å². The van der Waals surface area contributed by atoms with Crippen LogP contribution in [0.15, 0.2) is 224 Å². The lowest BCUT2D eigenvalue weighted by Crippen LogP contribution is -2.11. The monoisotopic (exact) mass is 819 g/mol. The van der Waals surface area contributed by atoms with Crippen LogP contribution in [-0.4, -0.2) is 0 Å². The molecular weight excluding hydrogens is 783 g/mol. The quantitative estimate of drug-likeness (QED) is 0.176. The molecule has 63 heavy (non-hydrogen) atoms. The smallest absolute Gasteiger partial charge is 0.159 e. The highest BCUT2D eigenvalue weighted by Crippen LogP contribution is 2.53. The molecule has 0 aliphatic carbocycles. The number of rotatable bonds is 3. The fraction of sp³-hybridized carbons (Fsp3) is 0. The van der Waals surface area contributed by atoms with E-state index >= 15 is 0 Å². The van der Waals surface area contributed by atoms with Crippen molar-refractivity contribution in [3.8, 4) is 33.8 Å². The molecular formula is C60H37NOS. The van der Waals surface area contributed by atoms with Crippen molar-refractivity contribution >= 4 is 102 Å². The van der Waals surface area contributed by atoms with Crippen molar-refractivity contribution in [2.45, 2.75) is 0 Å². The normalized spacial score (nSPS) is 11.9. The number of nitrogens with zero attached hydrogens (tertiary/aromatic N) is 1. The maximum atomic E-state index is 7.12. The third-order valence-corrected chi connectivity index (χ3v) is 14.1. The lowest BCUT2D eigenvalue weighted by atomic mass is 9.93. The van der Waals surface area contributed by atoms with E-state index in [1.165, 1.54) is 74.0 Å². The van der Waals surface area contributed by atoms with Crippen molar-refractivity contribution in [3.05, 3.63) is 224 Å². The fourth-order valence-corrected chi connectivity index (χ4v) is 11.4. The Morgan fingerprint density at radius 3 is 1.54 bits per heavy atom. The summed E-state index contributed by atoms with van der Waals surface area (Å²) in [7, 11) is 0. The summed E-state index contributed by atoms with van der Waals surface area (Å²) in [5.74, 6) is 1.66. The standard InChI is InChI=1S/C60H37NOS/c1-2-17-38(18-3-1)61(55-30-16-29-52-45-24-8-7-22-43(45)48-26-12-14-31-56(48)62-59(52)55)39-33-34-47-51-35-36-53-49-27-13-15-32-57(49)63-60(53)58(51)50-28-11-10-23-44(50)41-20-5-4-19-40(41)42-21-6-9-25-46(42)54(47)37-39/h1-37H. The summed E-state index contributed by atoms with van der Waals surface area (Å²) < 4.78 is 9.72. The predicted octanol–water partition coefficient (Wildman–Crippen LogP) is 17.9. The van der Waals surface area contributed by atoms with Crippen LogP contribution in [0.4, 0.5) is 17.1 Å². The maximum absolute atomic E-state index is 7.12. The number of hydrogen-bond acceptors (Lipinski definition) is 3. The van der Waals surface area contributed by atoms with Crippen molar-refractivity contribution in [3.63, 3.8) is 0 Å². The number of benzene rings is 10. The Balaban J connectivity index is 1.20. The van der Waals surface area contributed by atoms with Crippen LogP contribution in [0.5, 0.6) is 11.5 Å². The molecule has 0 N–H and O–H groups in total. The van der Waals surface area contributed by atoms with Gasteiger partial charge in [0.1, 0.15) is 5.75 Å². The minimum atomic E-state index is 0.821. The van der Waals surface area contributed by atoms with E-state index in [0.29, 0.717) is 0 Å². The topological polar surface area (TPSA) is 12.5 Å². The molecule has 0 radical (unpaired) electrons. The first kappa shape index (κ1) is 35.7. The molecule has 0 saturated heterocycles. The SMILES string of the molecule is c1ccc(N(c2ccc3c(c2)c2ccccc2c2ccccc2c2ccccc2c2c3ccc3c4ccccc4sc32)c2cccc3c2Oc2ccccc2-c2ccccc2-3)cc1. The van der Waals surface area contributed by atoms with Gasteiger partial charge in [0.05, 0.1) is 5.69 Å². The largest absolute Gasteiger partial charge is 0.454 e. The molecule has 0 amide bonds. The summed E-state index contributed by atoms with van der Waals surface area (Å²) >= 11 is 1.90. The Labute approximate surface area is 368 Å². The summed E-state index contributed by atoms with van der Waals surface area (Å²) in [6.07, 6.45) is 0. The Bertz CT molecular complexity index is 3900. The summed E-state index contributed by atoms with van der Waals surface area (Å²) in [5, 5.41) is 14.7. The molecule has 3 heteroatoms. The summed E-state index contributed by atoms with van der Waals surface area (Å²) in [6.45, 7) is 0. The molecule has 1 aromatic heterocycles. The van der Waals surface area contributed by atoms with Crippen LogP contribution in [0.2, 0.25) is 0 Å². The zero-order chi connectivity index (χ0) is 41.4. The fourth-order valence-electron chi connectivity index (χ4n) is 10.1. The lowest BCUT2D eigenvalue weighted by molar-refractivity contribution is 0.489. The van der Waals surface area contributed by atoms with Crippen LogP contribution in [0.1, 0.15) is 0 Å². The molecule has 0 atom stereocenters. The molecule has 1 aliphatic heterocycles. The van der Waals surface area contributed by atoms with Crippen molar-refractivity contribution < 1.29 is 4.74 Å². The molecule has 13 rings (SSSR count). The predicted molar refractivity (Wildman–Crippen MR) is 270 cm³/mol. The number of hydrogen-bond donors (Lipinski definition) is 0. The Hall–Kier alpha value is -7.98. The minimum absolute atomic E-state index is 0.821. The molecule has 2 heterocycles. The molecule has 0 unspecified atom stereocenters. The molecule has 0 spiro atoms. The molecule has 0 saturated carbocycles. The van der Waals surface area contributed by atoms with Crippen LogP contribution in [-0.2, 0) is 0 Å². The van der Waals surface area contributed by atoms with Crippen LogP contribution >= 0.6 is 11.3 Å². The highest BCUT2D eigenvalue weighted by atomic mass is 32.1. The first-order chi connectivity index (χ1) is 31.3. The van der Waals surface area contributed by atoms with E-state index in [1.807, 2.05) is 11.3 Å². The maximum Gasteiger partial charge on any atom is 0.159 e. The van der Waals surface area contributed by atoms with E-state index in [1.54, 1.807) is 0 Å². The average Bonchev–Trinajstić information content (AvgIpc) is 3.66. The van der Waals surface area contributed by atoms with Gasteiger partial charge in [-0.15, -0.1) is 11.3 Å². The van der Waals surface area contributed by atoms with Crippen LogP contribution in [0, 0.1) is 0 Å². The molecule has 294 valence electrons. The third kappa shape index (κ3) is 5.57. The zero-order valence-corrected chi connectivity index (χ0v) is 34.9. The van der Waals surface area contributed by atoms with Gasteiger partial charge in [-0.05, 0) is 102 Å². The molecule has 11 aromatic carbocycles. The summed E-state index contributed by atoms with van der Waals surface area (Å²) in [4.78, 5) is 2.37. The number of anilines is 3.